The molecule has 2 rings (SSSR count). The van der Waals surface area contributed by atoms with Gasteiger partial charge in [-0.1, -0.05) is 6.07 Å². The topological polar surface area (TPSA) is 84.9 Å². The lowest BCUT2D eigenvalue weighted by molar-refractivity contribution is -0.127. The number of sulfonamides is 1. The van der Waals surface area contributed by atoms with Crippen LogP contribution in [-0.2, 0) is 19.6 Å². The Bertz CT molecular complexity index is 735. The predicted octanol–water partition coefficient (Wildman–Crippen LogP) is 1.56. The molecule has 26 heavy (non-hydrogen) atoms. The maximum atomic E-state index is 13.1. The van der Waals surface area contributed by atoms with E-state index >= 15 is 0 Å². The number of methoxy groups -OCH3 is 2. The Morgan fingerprint density at radius 2 is 2.12 bits per heavy atom. The first-order valence-corrected chi connectivity index (χ1v) is 10.2. The van der Waals surface area contributed by atoms with Crippen molar-refractivity contribution in [2.24, 2.45) is 5.92 Å². The van der Waals surface area contributed by atoms with Gasteiger partial charge in [0.2, 0.25) is 15.9 Å². The molecule has 8 heteroatoms. The standard InChI is InChI=1S/C18H28N2O5S/c1-13-7-8-16(25-4)17(10-13)26(22,23)20-9-5-6-15(11-20)18(21)19-14(2)12-24-3/h7-8,10,14-15H,5-6,9,11-12H2,1-4H3,(H,19,21). The molecule has 146 valence electrons. The van der Waals surface area contributed by atoms with E-state index in [1.165, 1.54) is 11.4 Å². The molecule has 2 unspecified atom stereocenters. The van der Waals surface area contributed by atoms with Crippen LogP contribution in [-0.4, -0.2) is 58.6 Å². The third-order valence-corrected chi connectivity index (χ3v) is 6.38. The molecule has 1 N–H and O–H groups in total. The van der Waals surface area contributed by atoms with Gasteiger partial charge in [-0.3, -0.25) is 4.79 Å². The number of nitrogens with one attached hydrogen (secondary N) is 1. The molecule has 1 aliphatic heterocycles. The van der Waals surface area contributed by atoms with Gasteiger partial charge in [-0.15, -0.1) is 0 Å². The highest BCUT2D eigenvalue weighted by atomic mass is 32.2. The van der Waals surface area contributed by atoms with Gasteiger partial charge < -0.3 is 14.8 Å². The summed E-state index contributed by atoms with van der Waals surface area (Å²) in [7, 11) is -0.701. The summed E-state index contributed by atoms with van der Waals surface area (Å²) in [6.45, 7) is 4.68. The van der Waals surface area contributed by atoms with E-state index in [0.717, 1.165) is 5.56 Å². The van der Waals surface area contributed by atoms with E-state index in [2.05, 4.69) is 5.32 Å². The Kier molecular flexibility index (Phi) is 7.02. The summed E-state index contributed by atoms with van der Waals surface area (Å²) in [5.74, 6) is -0.185. The van der Waals surface area contributed by atoms with Gasteiger partial charge in [0.15, 0.2) is 0 Å². The van der Waals surface area contributed by atoms with Crippen LogP contribution in [0.3, 0.4) is 0 Å². The fourth-order valence-electron chi connectivity index (χ4n) is 3.15. The average Bonchev–Trinajstić information content (AvgIpc) is 2.62. The number of hydrogen-bond donors (Lipinski definition) is 1. The number of nitrogens with zero attached hydrogens (tertiary/aromatic N) is 1. The molecule has 1 saturated heterocycles. The molecule has 0 saturated carbocycles. The quantitative estimate of drug-likeness (QED) is 0.771. The first kappa shape index (κ1) is 20.7. The number of carbonyl (C=O) groups is 1. The van der Waals surface area contributed by atoms with Gasteiger partial charge >= 0.3 is 0 Å². The highest BCUT2D eigenvalue weighted by molar-refractivity contribution is 7.89. The summed E-state index contributed by atoms with van der Waals surface area (Å²) in [5.41, 5.74) is 0.837. The fourth-order valence-corrected chi connectivity index (χ4v) is 4.92. The fraction of sp³-hybridized carbons (Fsp3) is 0.611. The van der Waals surface area contributed by atoms with Crippen LogP contribution < -0.4 is 10.1 Å². The normalized spacial score (nSPS) is 19.8. The van der Waals surface area contributed by atoms with Crippen molar-refractivity contribution < 1.29 is 22.7 Å². The molecule has 1 aromatic rings. The third kappa shape index (κ3) is 4.75. The van der Waals surface area contributed by atoms with Gasteiger partial charge in [-0.25, -0.2) is 8.42 Å². The predicted molar refractivity (Wildman–Crippen MR) is 98.7 cm³/mol. The number of piperidine rings is 1. The monoisotopic (exact) mass is 384 g/mol. The molecule has 0 bridgehead atoms. The largest absolute Gasteiger partial charge is 0.495 e. The number of hydrogen-bond acceptors (Lipinski definition) is 5. The molecule has 1 fully saturated rings. The van der Waals surface area contributed by atoms with E-state index in [9.17, 15) is 13.2 Å². The summed E-state index contributed by atoms with van der Waals surface area (Å²) in [4.78, 5) is 12.6. The second-order valence-electron chi connectivity index (χ2n) is 6.72. The Morgan fingerprint density at radius 3 is 2.77 bits per heavy atom. The minimum atomic E-state index is -3.73. The van der Waals surface area contributed by atoms with Crippen LogP contribution in [0.5, 0.6) is 5.75 Å². The third-order valence-electron chi connectivity index (χ3n) is 4.50. The van der Waals surface area contributed by atoms with Crippen LogP contribution in [0.15, 0.2) is 23.1 Å². The summed E-state index contributed by atoms with van der Waals surface area (Å²) in [6, 6.07) is 4.96. The molecular formula is C18H28N2O5S. The van der Waals surface area contributed by atoms with Crippen molar-refractivity contribution in [1.82, 2.24) is 9.62 Å². The van der Waals surface area contributed by atoms with E-state index in [-0.39, 0.29) is 29.3 Å². The van der Waals surface area contributed by atoms with Crippen molar-refractivity contribution in [2.75, 3.05) is 33.9 Å². The first-order valence-electron chi connectivity index (χ1n) is 8.73. The molecule has 0 aliphatic carbocycles. The van der Waals surface area contributed by atoms with Crippen LogP contribution in [0.4, 0.5) is 0 Å². The number of rotatable bonds is 7. The summed E-state index contributed by atoms with van der Waals surface area (Å²) in [5, 5.41) is 2.88. The van der Waals surface area contributed by atoms with Crippen LogP contribution >= 0.6 is 0 Å². The zero-order valence-corrected chi connectivity index (χ0v) is 16.6. The van der Waals surface area contributed by atoms with Gasteiger partial charge in [0.25, 0.3) is 0 Å². The van der Waals surface area contributed by atoms with Crippen LogP contribution in [0.2, 0.25) is 0 Å². The Labute approximate surface area is 155 Å². The average molecular weight is 384 g/mol. The highest BCUT2D eigenvalue weighted by Gasteiger charge is 2.35. The van der Waals surface area contributed by atoms with Crippen molar-refractivity contribution in [1.29, 1.82) is 0 Å². The van der Waals surface area contributed by atoms with Gasteiger partial charge in [0.05, 0.1) is 19.6 Å². The highest BCUT2D eigenvalue weighted by Crippen LogP contribution is 2.30. The SMILES string of the molecule is COCC(C)NC(=O)C1CCCN(S(=O)(=O)c2cc(C)ccc2OC)C1. The molecule has 0 spiro atoms. The molecule has 1 amide bonds. The van der Waals surface area contributed by atoms with Crippen molar-refractivity contribution in [3.8, 4) is 5.75 Å². The molecule has 1 aliphatic rings. The lowest BCUT2D eigenvalue weighted by atomic mass is 9.98. The summed E-state index contributed by atoms with van der Waals surface area (Å²) in [6.07, 6.45) is 1.31. The molecule has 1 heterocycles. The van der Waals surface area contributed by atoms with E-state index < -0.39 is 10.0 Å². The Hall–Kier alpha value is -1.64. The zero-order chi connectivity index (χ0) is 19.3. The molecule has 1 aromatic carbocycles. The lowest BCUT2D eigenvalue weighted by Crippen LogP contribution is -2.47. The van der Waals surface area contributed by atoms with Crippen LogP contribution in [0.25, 0.3) is 0 Å². The molecule has 0 radical (unpaired) electrons. The van der Waals surface area contributed by atoms with Crippen molar-refractivity contribution in [3.05, 3.63) is 23.8 Å². The summed E-state index contributed by atoms with van der Waals surface area (Å²) < 4.78 is 37.9. The smallest absolute Gasteiger partial charge is 0.246 e. The van der Waals surface area contributed by atoms with Crippen molar-refractivity contribution >= 4 is 15.9 Å². The minimum Gasteiger partial charge on any atom is -0.495 e. The molecule has 2 atom stereocenters. The van der Waals surface area contributed by atoms with E-state index in [1.807, 2.05) is 19.9 Å². The maximum absolute atomic E-state index is 13.1. The number of aryl methyl sites for hydroxylation is 1. The Morgan fingerprint density at radius 1 is 1.38 bits per heavy atom. The zero-order valence-electron chi connectivity index (χ0n) is 15.8. The molecule has 0 aromatic heterocycles. The number of amides is 1. The van der Waals surface area contributed by atoms with Crippen molar-refractivity contribution in [3.63, 3.8) is 0 Å². The lowest BCUT2D eigenvalue weighted by Gasteiger charge is -2.32. The van der Waals surface area contributed by atoms with Crippen molar-refractivity contribution in [2.45, 2.75) is 37.6 Å². The second-order valence-corrected chi connectivity index (χ2v) is 8.63. The minimum absolute atomic E-state index is 0.114. The molecule has 7 nitrogen and oxygen atoms in total. The molecular weight excluding hydrogens is 356 g/mol. The van der Waals surface area contributed by atoms with E-state index in [4.69, 9.17) is 9.47 Å². The van der Waals surface area contributed by atoms with Gasteiger partial charge in [0, 0.05) is 26.2 Å². The van der Waals surface area contributed by atoms with Gasteiger partial charge in [0.1, 0.15) is 10.6 Å². The van der Waals surface area contributed by atoms with E-state index in [0.29, 0.717) is 31.7 Å². The van der Waals surface area contributed by atoms with Crippen LogP contribution in [0, 0.1) is 12.8 Å². The number of carbonyl (C=O) groups excluding carboxylic acids is 1. The number of benzene rings is 1. The first-order chi connectivity index (χ1) is 12.3. The number of ether oxygens (including phenoxy) is 2. The van der Waals surface area contributed by atoms with Gasteiger partial charge in [-0.2, -0.15) is 4.31 Å². The summed E-state index contributed by atoms with van der Waals surface area (Å²) >= 11 is 0. The Balaban J connectivity index is 2.18. The maximum Gasteiger partial charge on any atom is 0.246 e. The van der Waals surface area contributed by atoms with Crippen LogP contribution in [0.1, 0.15) is 25.3 Å². The van der Waals surface area contributed by atoms with Gasteiger partial charge in [-0.05, 0) is 44.4 Å². The second kappa shape index (κ2) is 8.83. The van der Waals surface area contributed by atoms with E-state index in [1.54, 1.807) is 19.2 Å².